The first-order valence-corrected chi connectivity index (χ1v) is 11.4. The van der Waals surface area contributed by atoms with Gasteiger partial charge in [0.1, 0.15) is 0 Å². The SMILES string of the molecule is CCCCCCCCCCCCCCCCC/C=N\c1cc(O)c(O)c(O)c1. The number of phenolic OH excluding ortho intramolecular Hbond substituents is 3. The highest BCUT2D eigenvalue weighted by Gasteiger charge is 2.06. The maximum Gasteiger partial charge on any atom is 0.200 e. The van der Waals surface area contributed by atoms with Crippen molar-refractivity contribution in [2.24, 2.45) is 4.99 Å². The molecular formula is C24H41NO3. The maximum atomic E-state index is 9.44. The number of unbranched alkanes of at least 4 members (excludes halogenated alkanes) is 15. The predicted molar refractivity (Wildman–Crippen MR) is 119 cm³/mol. The fourth-order valence-corrected chi connectivity index (χ4v) is 3.44. The molecule has 4 heteroatoms. The fraction of sp³-hybridized carbons (Fsp3) is 0.708. The standard InChI is InChI=1S/C24H41NO3/c1-2-3-4-5-6-7-8-9-10-11-12-13-14-15-16-17-18-25-21-19-22(26)24(28)23(27)20-21/h18-20,26-28H,2-17H2,1H3/b25-18-. The van der Waals surface area contributed by atoms with E-state index in [-0.39, 0.29) is 11.5 Å². The number of hydrogen-bond acceptors (Lipinski definition) is 4. The van der Waals surface area contributed by atoms with E-state index in [0.29, 0.717) is 5.69 Å². The lowest BCUT2D eigenvalue weighted by atomic mass is 10.0. The van der Waals surface area contributed by atoms with Gasteiger partial charge in [0.15, 0.2) is 17.2 Å². The van der Waals surface area contributed by atoms with Crippen LogP contribution in [0.5, 0.6) is 17.2 Å². The van der Waals surface area contributed by atoms with Crippen molar-refractivity contribution >= 4 is 11.9 Å². The largest absolute Gasteiger partial charge is 0.504 e. The summed E-state index contributed by atoms with van der Waals surface area (Å²) < 4.78 is 0. The van der Waals surface area contributed by atoms with Crippen molar-refractivity contribution in [3.05, 3.63) is 12.1 Å². The molecule has 0 saturated carbocycles. The summed E-state index contributed by atoms with van der Waals surface area (Å²) >= 11 is 0. The topological polar surface area (TPSA) is 73.1 Å². The van der Waals surface area contributed by atoms with Gasteiger partial charge >= 0.3 is 0 Å². The highest BCUT2D eigenvalue weighted by Crippen LogP contribution is 2.38. The van der Waals surface area contributed by atoms with Crippen LogP contribution in [0, 0.1) is 0 Å². The van der Waals surface area contributed by atoms with Gasteiger partial charge in [0.25, 0.3) is 0 Å². The lowest BCUT2D eigenvalue weighted by molar-refractivity contribution is 0.368. The molecule has 160 valence electrons. The van der Waals surface area contributed by atoms with E-state index in [0.717, 1.165) is 12.8 Å². The maximum absolute atomic E-state index is 9.44. The molecule has 28 heavy (non-hydrogen) atoms. The average Bonchev–Trinajstić information content (AvgIpc) is 2.68. The van der Waals surface area contributed by atoms with Crippen molar-refractivity contribution in [1.29, 1.82) is 0 Å². The lowest BCUT2D eigenvalue weighted by Crippen LogP contribution is -1.84. The highest BCUT2D eigenvalue weighted by molar-refractivity contribution is 5.66. The second-order valence-electron chi connectivity index (χ2n) is 7.88. The Morgan fingerprint density at radius 2 is 1.04 bits per heavy atom. The second kappa shape index (κ2) is 16.3. The molecule has 0 saturated heterocycles. The Morgan fingerprint density at radius 1 is 0.643 bits per heavy atom. The monoisotopic (exact) mass is 391 g/mol. The third kappa shape index (κ3) is 11.9. The third-order valence-electron chi connectivity index (χ3n) is 5.23. The quantitative estimate of drug-likeness (QED) is 0.144. The van der Waals surface area contributed by atoms with Gasteiger partial charge in [-0.2, -0.15) is 0 Å². The van der Waals surface area contributed by atoms with E-state index < -0.39 is 5.75 Å². The normalized spacial score (nSPS) is 11.5. The Bertz CT molecular complexity index is 520. The van der Waals surface area contributed by atoms with Crippen LogP contribution in [-0.2, 0) is 0 Å². The van der Waals surface area contributed by atoms with Crippen LogP contribution in [0.3, 0.4) is 0 Å². The molecule has 1 rings (SSSR count). The number of aliphatic imine (C=N–C) groups is 1. The van der Waals surface area contributed by atoms with Crippen molar-refractivity contribution in [3.8, 4) is 17.2 Å². The van der Waals surface area contributed by atoms with Crippen molar-refractivity contribution in [2.75, 3.05) is 0 Å². The number of phenols is 3. The molecule has 0 radical (unpaired) electrons. The van der Waals surface area contributed by atoms with Gasteiger partial charge in [0, 0.05) is 18.3 Å². The molecule has 4 nitrogen and oxygen atoms in total. The minimum absolute atomic E-state index is 0.348. The van der Waals surface area contributed by atoms with Crippen molar-refractivity contribution < 1.29 is 15.3 Å². The summed E-state index contributed by atoms with van der Waals surface area (Å²) in [5.41, 5.74) is 0.453. The zero-order valence-corrected chi connectivity index (χ0v) is 17.8. The molecule has 0 fully saturated rings. The van der Waals surface area contributed by atoms with Crippen molar-refractivity contribution in [2.45, 2.75) is 110 Å². The molecule has 0 aliphatic rings. The zero-order chi connectivity index (χ0) is 20.5. The summed E-state index contributed by atoms with van der Waals surface area (Å²) in [4.78, 5) is 4.22. The Balaban J connectivity index is 1.88. The third-order valence-corrected chi connectivity index (χ3v) is 5.23. The van der Waals surface area contributed by atoms with E-state index in [1.54, 1.807) is 0 Å². The Labute approximate surface area is 171 Å². The zero-order valence-electron chi connectivity index (χ0n) is 17.8. The van der Waals surface area contributed by atoms with Gasteiger partial charge in [-0.1, -0.05) is 96.8 Å². The fourth-order valence-electron chi connectivity index (χ4n) is 3.44. The number of hydrogen-bond donors (Lipinski definition) is 3. The van der Waals surface area contributed by atoms with Crippen LogP contribution in [0.4, 0.5) is 5.69 Å². The lowest BCUT2D eigenvalue weighted by Gasteiger charge is -2.03. The molecular weight excluding hydrogens is 350 g/mol. The highest BCUT2D eigenvalue weighted by atomic mass is 16.3. The van der Waals surface area contributed by atoms with Gasteiger partial charge in [0.05, 0.1) is 5.69 Å². The van der Waals surface area contributed by atoms with E-state index in [2.05, 4.69) is 11.9 Å². The molecule has 0 amide bonds. The van der Waals surface area contributed by atoms with Crippen LogP contribution in [0.15, 0.2) is 17.1 Å². The summed E-state index contributed by atoms with van der Waals surface area (Å²) in [6.45, 7) is 2.27. The van der Waals surface area contributed by atoms with Gasteiger partial charge in [0.2, 0.25) is 0 Å². The van der Waals surface area contributed by atoms with E-state index >= 15 is 0 Å². The number of nitrogens with zero attached hydrogens (tertiary/aromatic N) is 1. The van der Waals surface area contributed by atoms with E-state index in [9.17, 15) is 15.3 Å². The molecule has 3 N–H and O–H groups in total. The Hall–Kier alpha value is -1.71. The molecule has 0 heterocycles. The van der Waals surface area contributed by atoms with Crippen molar-refractivity contribution in [1.82, 2.24) is 0 Å². The second-order valence-corrected chi connectivity index (χ2v) is 7.88. The first-order valence-electron chi connectivity index (χ1n) is 11.4. The van der Waals surface area contributed by atoms with Crippen LogP contribution in [-0.4, -0.2) is 21.5 Å². The number of benzene rings is 1. The molecule has 0 aromatic heterocycles. The molecule has 1 aromatic rings. The van der Waals surface area contributed by atoms with Gasteiger partial charge in [-0.05, 0) is 12.8 Å². The van der Waals surface area contributed by atoms with Crippen LogP contribution < -0.4 is 0 Å². The van der Waals surface area contributed by atoms with Crippen LogP contribution in [0.2, 0.25) is 0 Å². The first-order chi connectivity index (χ1) is 13.6. The van der Waals surface area contributed by atoms with Gasteiger partial charge in [-0.15, -0.1) is 0 Å². The molecule has 0 bridgehead atoms. The first kappa shape index (κ1) is 24.3. The molecule has 0 aliphatic carbocycles. The molecule has 0 spiro atoms. The van der Waals surface area contributed by atoms with Crippen LogP contribution >= 0.6 is 0 Å². The predicted octanol–water partition coefficient (Wildman–Crippen LogP) is 7.77. The van der Waals surface area contributed by atoms with Gasteiger partial charge in [-0.3, -0.25) is 4.99 Å². The molecule has 1 aromatic carbocycles. The van der Waals surface area contributed by atoms with Crippen LogP contribution in [0.1, 0.15) is 110 Å². The number of rotatable bonds is 17. The summed E-state index contributed by atoms with van der Waals surface area (Å²) in [7, 11) is 0. The van der Waals surface area contributed by atoms with E-state index in [1.165, 1.54) is 102 Å². The van der Waals surface area contributed by atoms with E-state index in [4.69, 9.17) is 0 Å². The minimum atomic E-state index is -0.499. The smallest absolute Gasteiger partial charge is 0.200 e. The van der Waals surface area contributed by atoms with Crippen LogP contribution in [0.25, 0.3) is 0 Å². The minimum Gasteiger partial charge on any atom is -0.504 e. The van der Waals surface area contributed by atoms with Gasteiger partial charge in [-0.25, -0.2) is 0 Å². The summed E-state index contributed by atoms with van der Waals surface area (Å²) in [5, 5.41) is 28.2. The average molecular weight is 392 g/mol. The Kier molecular flexibility index (Phi) is 14.1. The summed E-state index contributed by atoms with van der Waals surface area (Å²) in [6, 6.07) is 2.69. The molecule has 0 unspecified atom stereocenters. The van der Waals surface area contributed by atoms with Crippen molar-refractivity contribution in [3.63, 3.8) is 0 Å². The molecule has 0 aliphatic heterocycles. The Morgan fingerprint density at radius 3 is 1.46 bits per heavy atom. The summed E-state index contributed by atoms with van der Waals surface area (Å²) in [6.07, 6.45) is 23.0. The molecule has 0 atom stereocenters. The van der Waals surface area contributed by atoms with Gasteiger partial charge < -0.3 is 15.3 Å². The van der Waals surface area contributed by atoms with E-state index in [1.807, 2.05) is 6.21 Å². The summed E-state index contributed by atoms with van der Waals surface area (Å²) in [5.74, 6) is -1.19. The number of aromatic hydroxyl groups is 3.